The van der Waals surface area contributed by atoms with Crippen LogP contribution in [0.5, 0.6) is 5.75 Å². The second-order valence-electron chi connectivity index (χ2n) is 4.97. The Morgan fingerprint density at radius 2 is 1.88 bits per heavy atom. The normalized spacial score (nSPS) is 12.1. The molecular formula is C17H15F4NO2. The van der Waals surface area contributed by atoms with E-state index in [-0.39, 0.29) is 11.3 Å². The number of rotatable bonds is 6. The fourth-order valence-electron chi connectivity index (χ4n) is 2.28. The van der Waals surface area contributed by atoms with Crippen molar-refractivity contribution in [3.8, 4) is 5.75 Å². The molecule has 0 saturated heterocycles. The average Bonchev–Trinajstić information content (AvgIpc) is 2.52. The SMILES string of the molecule is CC[C@H](NC(=O)c1ccc(F)cc1F)c1ccccc1OC(F)F. The number of alkyl halides is 2. The first-order valence-electron chi connectivity index (χ1n) is 7.22. The molecule has 0 spiro atoms. The molecule has 3 nitrogen and oxygen atoms in total. The van der Waals surface area contributed by atoms with Gasteiger partial charge >= 0.3 is 6.61 Å². The first kappa shape index (κ1) is 17.8. The maximum Gasteiger partial charge on any atom is 0.387 e. The van der Waals surface area contributed by atoms with Gasteiger partial charge in [-0.1, -0.05) is 25.1 Å². The van der Waals surface area contributed by atoms with E-state index in [0.29, 0.717) is 18.1 Å². The molecule has 0 aliphatic heterocycles. The van der Waals surface area contributed by atoms with Crippen LogP contribution in [0.4, 0.5) is 17.6 Å². The fourth-order valence-corrected chi connectivity index (χ4v) is 2.28. The molecule has 2 rings (SSSR count). The van der Waals surface area contributed by atoms with Crippen LogP contribution in [0, 0.1) is 11.6 Å². The highest BCUT2D eigenvalue weighted by molar-refractivity contribution is 5.94. The topological polar surface area (TPSA) is 38.3 Å². The van der Waals surface area contributed by atoms with Crippen molar-refractivity contribution in [2.24, 2.45) is 0 Å². The van der Waals surface area contributed by atoms with E-state index in [0.717, 1.165) is 12.1 Å². The summed E-state index contributed by atoms with van der Waals surface area (Å²) < 4.78 is 56.0. The zero-order valence-electron chi connectivity index (χ0n) is 12.7. The molecule has 0 aromatic heterocycles. The minimum absolute atomic E-state index is 0.0702. The van der Waals surface area contributed by atoms with E-state index in [1.807, 2.05) is 0 Å². The number of amides is 1. The summed E-state index contributed by atoms with van der Waals surface area (Å²) in [5.41, 5.74) is 0.0123. The molecule has 0 radical (unpaired) electrons. The maximum atomic E-state index is 13.7. The lowest BCUT2D eigenvalue weighted by Gasteiger charge is -2.20. The molecule has 0 heterocycles. The van der Waals surface area contributed by atoms with Gasteiger partial charge in [0.25, 0.3) is 5.91 Å². The molecule has 0 unspecified atom stereocenters. The predicted molar refractivity (Wildman–Crippen MR) is 79.9 cm³/mol. The molecule has 24 heavy (non-hydrogen) atoms. The van der Waals surface area contributed by atoms with Crippen LogP contribution in [0.2, 0.25) is 0 Å². The van der Waals surface area contributed by atoms with Gasteiger partial charge in [0.15, 0.2) is 0 Å². The average molecular weight is 341 g/mol. The molecule has 7 heteroatoms. The molecule has 0 fully saturated rings. The second kappa shape index (κ2) is 7.81. The van der Waals surface area contributed by atoms with Crippen molar-refractivity contribution < 1.29 is 27.1 Å². The summed E-state index contributed by atoms with van der Waals surface area (Å²) in [4.78, 5) is 12.2. The third-order valence-electron chi connectivity index (χ3n) is 3.40. The van der Waals surface area contributed by atoms with Crippen molar-refractivity contribution in [2.45, 2.75) is 26.0 Å². The van der Waals surface area contributed by atoms with Crippen LogP contribution in [-0.4, -0.2) is 12.5 Å². The van der Waals surface area contributed by atoms with E-state index >= 15 is 0 Å². The summed E-state index contributed by atoms with van der Waals surface area (Å²) in [5, 5.41) is 2.55. The lowest BCUT2D eigenvalue weighted by atomic mass is 10.0. The minimum atomic E-state index is -3.01. The smallest absolute Gasteiger partial charge is 0.387 e. The first-order chi connectivity index (χ1) is 11.4. The van der Waals surface area contributed by atoms with Crippen LogP contribution < -0.4 is 10.1 Å². The Labute approximate surface area is 136 Å². The third-order valence-corrected chi connectivity index (χ3v) is 3.40. The molecule has 2 aromatic carbocycles. The number of halogens is 4. The Hall–Kier alpha value is -2.57. The van der Waals surface area contributed by atoms with Gasteiger partial charge in [0, 0.05) is 11.6 Å². The van der Waals surface area contributed by atoms with Gasteiger partial charge in [-0.2, -0.15) is 8.78 Å². The van der Waals surface area contributed by atoms with Gasteiger partial charge in [-0.05, 0) is 24.6 Å². The van der Waals surface area contributed by atoms with E-state index in [1.165, 1.54) is 18.2 Å². The van der Waals surface area contributed by atoms with Crippen LogP contribution in [-0.2, 0) is 0 Å². The first-order valence-corrected chi connectivity index (χ1v) is 7.22. The van der Waals surface area contributed by atoms with Gasteiger partial charge in [0.1, 0.15) is 17.4 Å². The van der Waals surface area contributed by atoms with Crippen LogP contribution in [0.25, 0.3) is 0 Å². The monoisotopic (exact) mass is 341 g/mol. The van der Waals surface area contributed by atoms with Gasteiger partial charge in [-0.3, -0.25) is 4.79 Å². The number of carbonyl (C=O) groups is 1. The fraction of sp³-hybridized carbons (Fsp3) is 0.235. The molecule has 0 aliphatic carbocycles. The molecular weight excluding hydrogens is 326 g/mol. The second-order valence-corrected chi connectivity index (χ2v) is 4.97. The zero-order chi connectivity index (χ0) is 17.7. The predicted octanol–water partition coefficient (Wildman–Crippen LogP) is 4.45. The summed E-state index contributed by atoms with van der Waals surface area (Å²) in [7, 11) is 0. The Balaban J connectivity index is 2.25. The molecule has 0 saturated carbocycles. The molecule has 1 N–H and O–H groups in total. The van der Waals surface area contributed by atoms with E-state index in [1.54, 1.807) is 13.0 Å². The summed E-state index contributed by atoms with van der Waals surface area (Å²) in [5.74, 6) is -2.64. The highest BCUT2D eigenvalue weighted by atomic mass is 19.3. The summed E-state index contributed by atoms with van der Waals surface area (Å²) in [6, 6.07) is 7.94. The highest BCUT2D eigenvalue weighted by Gasteiger charge is 2.21. The van der Waals surface area contributed by atoms with Crippen molar-refractivity contribution in [3.63, 3.8) is 0 Å². The molecule has 0 aliphatic rings. The van der Waals surface area contributed by atoms with Crippen molar-refractivity contribution in [1.82, 2.24) is 5.32 Å². The number of benzene rings is 2. The zero-order valence-corrected chi connectivity index (χ0v) is 12.7. The van der Waals surface area contributed by atoms with Crippen LogP contribution in [0.15, 0.2) is 42.5 Å². The lowest BCUT2D eigenvalue weighted by Crippen LogP contribution is -2.29. The standard InChI is InChI=1S/C17H15F4NO2/c1-2-14(12-5-3-4-6-15(12)24-17(20)21)22-16(23)11-8-7-10(18)9-13(11)19/h3-9,14,17H,2H2,1H3,(H,22,23)/t14-/m0/s1. The highest BCUT2D eigenvalue weighted by Crippen LogP contribution is 2.28. The third kappa shape index (κ3) is 4.24. The number of ether oxygens (including phenoxy) is 1. The van der Waals surface area contributed by atoms with Crippen LogP contribution in [0.3, 0.4) is 0 Å². The van der Waals surface area contributed by atoms with Gasteiger partial charge < -0.3 is 10.1 Å². The van der Waals surface area contributed by atoms with E-state index < -0.39 is 30.2 Å². The molecule has 128 valence electrons. The van der Waals surface area contributed by atoms with Crippen molar-refractivity contribution >= 4 is 5.91 Å². The quantitative estimate of drug-likeness (QED) is 0.789. The number of carbonyl (C=O) groups excluding carboxylic acids is 1. The van der Waals surface area contributed by atoms with Crippen LogP contribution >= 0.6 is 0 Å². The van der Waals surface area contributed by atoms with Crippen molar-refractivity contribution in [1.29, 1.82) is 0 Å². The van der Waals surface area contributed by atoms with E-state index in [2.05, 4.69) is 10.1 Å². The Morgan fingerprint density at radius 3 is 2.50 bits per heavy atom. The summed E-state index contributed by atoms with van der Waals surface area (Å²) >= 11 is 0. The minimum Gasteiger partial charge on any atom is -0.434 e. The summed E-state index contributed by atoms with van der Waals surface area (Å²) in [6.07, 6.45) is 0.359. The summed E-state index contributed by atoms with van der Waals surface area (Å²) in [6.45, 7) is -1.28. The number of hydrogen-bond acceptors (Lipinski definition) is 2. The van der Waals surface area contributed by atoms with Crippen molar-refractivity contribution in [3.05, 3.63) is 65.2 Å². The van der Waals surface area contributed by atoms with Crippen molar-refractivity contribution in [2.75, 3.05) is 0 Å². The number of nitrogens with one attached hydrogen (secondary N) is 1. The molecule has 2 aromatic rings. The van der Waals surface area contributed by atoms with Gasteiger partial charge in [-0.15, -0.1) is 0 Å². The lowest BCUT2D eigenvalue weighted by molar-refractivity contribution is -0.0506. The number of hydrogen-bond donors (Lipinski definition) is 1. The molecule has 0 bridgehead atoms. The molecule has 1 atom stereocenters. The van der Waals surface area contributed by atoms with E-state index in [4.69, 9.17) is 0 Å². The molecule has 1 amide bonds. The maximum absolute atomic E-state index is 13.7. The van der Waals surface area contributed by atoms with Gasteiger partial charge in [-0.25, -0.2) is 8.78 Å². The van der Waals surface area contributed by atoms with Gasteiger partial charge in [0.2, 0.25) is 0 Å². The van der Waals surface area contributed by atoms with Gasteiger partial charge in [0.05, 0.1) is 11.6 Å². The number of para-hydroxylation sites is 1. The Bertz CT molecular complexity index is 721. The van der Waals surface area contributed by atoms with Crippen LogP contribution in [0.1, 0.15) is 35.3 Å². The Morgan fingerprint density at radius 1 is 1.17 bits per heavy atom. The largest absolute Gasteiger partial charge is 0.434 e. The van der Waals surface area contributed by atoms with E-state index in [9.17, 15) is 22.4 Å². The Kier molecular flexibility index (Phi) is 5.78.